The minimum absolute atomic E-state index is 0.151. The van der Waals surface area contributed by atoms with Crippen molar-refractivity contribution < 1.29 is 13.9 Å². The Kier molecular flexibility index (Phi) is 5.78. The molecule has 22 heavy (non-hydrogen) atoms. The molecule has 0 aliphatic heterocycles. The Balaban J connectivity index is 1.95. The van der Waals surface area contributed by atoms with Crippen molar-refractivity contribution in [2.24, 2.45) is 0 Å². The first-order chi connectivity index (χ1) is 10.7. The van der Waals surface area contributed by atoms with E-state index in [1.54, 1.807) is 20.3 Å². The molecule has 118 valence electrons. The zero-order valence-electron chi connectivity index (χ0n) is 13.3. The maximum Gasteiger partial charge on any atom is 0.129 e. The molecule has 2 rings (SSSR count). The van der Waals surface area contributed by atoms with Gasteiger partial charge < -0.3 is 14.8 Å². The van der Waals surface area contributed by atoms with Gasteiger partial charge in [0.2, 0.25) is 0 Å². The number of hydrogen-bond donors (Lipinski definition) is 1. The van der Waals surface area contributed by atoms with Gasteiger partial charge in [-0.2, -0.15) is 0 Å². The van der Waals surface area contributed by atoms with Crippen LogP contribution in [0.5, 0.6) is 11.5 Å². The van der Waals surface area contributed by atoms with E-state index in [0.717, 1.165) is 28.2 Å². The second-order valence-corrected chi connectivity index (χ2v) is 5.10. The van der Waals surface area contributed by atoms with E-state index in [0.29, 0.717) is 19.5 Å². The molecular weight excluding hydrogens is 281 g/mol. The lowest BCUT2D eigenvalue weighted by atomic mass is 10.1. The predicted molar refractivity (Wildman–Crippen MR) is 86.1 cm³/mol. The Morgan fingerprint density at radius 3 is 2.45 bits per heavy atom. The normalized spacial score (nSPS) is 10.5. The Hall–Kier alpha value is -2.07. The van der Waals surface area contributed by atoms with Crippen LogP contribution < -0.4 is 14.8 Å². The summed E-state index contributed by atoms with van der Waals surface area (Å²) in [6.07, 6.45) is 0.657. The van der Waals surface area contributed by atoms with Crippen LogP contribution in [0.25, 0.3) is 0 Å². The number of nitrogens with one attached hydrogen (secondary N) is 1. The second-order valence-electron chi connectivity index (χ2n) is 5.10. The van der Waals surface area contributed by atoms with Crippen molar-refractivity contribution in [2.75, 3.05) is 20.8 Å². The third-order valence-corrected chi connectivity index (χ3v) is 3.71. The highest BCUT2D eigenvalue weighted by Crippen LogP contribution is 2.31. The maximum atomic E-state index is 13.5. The topological polar surface area (TPSA) is 30.5 Å². The molecule has 0 bridgehead atoms. The summed E-state index contributed by atoms with van der Waals surface area (Å²) in [4.78, 5) is 0. The zero-order valence-corrected chi connectivity index (χ0v) is 13.3. The van der Waals surface area contributed by atoms with Gasteiger partial charge in [-0.05, 0) is 37.6 Å². The monoisotopic (exact) mass is 303 g/mol. The van der Waals surface area contributed by atoms with Gasteiger partial charge in [0.1, 0.15) is 17.3 Å². The van der Waals surface area contributed by atoms with E-state index in [1.165, 1.54) is 6.07 Å². The molecule has 0 saturated carbocycles. The van der Waals surface area contributed by atoms with E-state index in [4.69, 9.17) is 9.47 Å². The standard InChI is InChI=1S/C18H22FNO2/c1-13-17(21-2)9-8-15(18(13)22-3)12-20-11-10-14-6-4-5-7-16(14)19/h4-9,20H,10-12H2,1-3H3. The molecule has 3 nitrogen and oxygen atoms in total. The van der Waals surface area contributed by atoms with Gasteiger partial charge in [0.25, 0.3) is 0 Å². The summed E-state index contributed by atoms with van der Waals surface area (Å²) in [7, 11) is 3.30. The molecule has 0 unspecified atom stereocenters. The highest BCUT2D eigenvalue weighted by atomic mass is 19.1. The van der Waals surface area contributed by atoms with E-state index in [2.05, 4.69) is 5.32 Å². The molecule has 0 heterocycles. The van der Waals surface area contributed by atoms with Crippen LogP contribution in [0, 0.1) is 12.7 Å². The zero-order chi connectivity index (χ0) is 15.9. The third kappa shape index (κ3) is 3.77. The van der Waals surface area contributed by atoms with Crippen LogP contribution >= 0.6 is 0 Å². The predicted octanol–water partition coefficient (Wildman–Crippen LogP) is 3.48. The van der Waals surface area contributed by atoms with Crippen LogP contribution in [0.15, 0.2) is 36.4 Å². The Morgan fingerprint density at radius 2 is 1.77 bits per heavy atom. The summed E-state index contributed by atoms with van der Waals surface area (Å²) >= 11 is 0. The molecule has 2 aromatic carbocycles. The van der Waals surface area contributed by atoms with Gasteiger partial charge in [0.15, 0.2) is 0 Å². The van der Waals surface area contributed by atoms with Gasteiger partial charge in [-0.15, -0.1) is 0 Å². The number of halogens is 1. The summed E-state index contributed by atoms with van der Waals surface area (Å²) in [5, 5.41) is 3.33. The summed E-state index contributed by atoms with van der Waals surface area (Å²) in [6, 6.07) is 10.8. The smallest absolute Gasteiger partial charge is 0.129 e. The highest BCUT2D eigenvalue weighted by Gasteiger charge is 2.10. The number of benzene rings is 2. The first-order valence-corrected chi connectivity index (χ1v) is 7.32. The molecule has 0 aliphatic carbocycles. The van der Waals surface area contributed by atoms with Crippen LogP contribution in [0.4, 0.5) is 4.39 Å². The maximum absolute atomic E-state index is 13.5. The quantitative estimate of drug-likeness (QED) is 0.794. The number of hydrogen-bond acceptors (Lipinski definition) is 3. The van der Waals surface area contributed by atoms with Gasteiger partial charge in [-0.1, -0.05) is 24.3 Å². The Labute approximate surface area is 131 Å². The van der Waals surface area contributed by atoms with Crippen LogP contribution in [-0.4, -0.2) is 20.8 Å². The van der Waals surface area contributed by atoms with E-state index >= 15 is 0 Å². The molecule has 2 aromatic rings. The first-order valence-electron chi connectivity index (χ1n) is 7.32. The lowest BCUT2D eigenvalue weighted by Gasteiger charge is -2.15. The molecule has 0 atom stereocenters. The lowest BCUT2D eigenvalue weighted by Crippen LogP contribution is -2.18. The number of rotatable bonds is 7. The molecule has 4 heteroatoms. The molecule has 0 fully saturated rings. The van der Waals surface area contributed by atoms with Crippen LogP contribution in [0.2, 0.25) is 0 Å². The van der Waals surface area contributed by atoms with E-state index in [1.807, 2.05) is 31.2 Å². The minimum atomic E-state index is -0.151. The number of ether oxygens (including phenoxy) is 2. The molecule has 0 saturated heterocycles. The van der Waals surface area contributed by atoms with Crippen molar-refractivity contribution in [1.82, 2.24) is 5.32 Å². The van der Waals surface area contributed by atoms with Gasteiger partial charge in [0.05, 0.1) is 14.2 Å². The van der Waals surface area contributed by atoms with Crippen molar-refractivity contribution in [1.29, 1.82) is 0 Å². The minimum Gasteiger partial charge on any atom is -0.496 e. The van der Waals surface area contributed by atoms with Crippen LogP contribution in [0.3, 0.4) is 0 Å². The third-order valence-electron chi connectivity index (χ3n) is 3.71. The van der Waals surface area contributed by atoms with Gasteiger partial charge >= 0.3 is 0 Å². The molecule has 1 N–H and O–H groups in total. The fourth-order valence-corrected chi connectivity index (χ4v) is 2.52. The highest BCUT2D eigenvalue weighted by molar-refractivity contribution is 5.49. The van der Waals surface area contributed by atoms with Crippen LogP contribution in [-0.2, 0) is 13.0 Å². The van der Waals surface area contributed by atoms with Crippen molar-refractivity contribution in [3.8, 4) is 11.5 Å². The summed E-state index contributed by atoms with van der Waals surface area (Å²) < 4.78 is 24.3. The molecule has 0 spiro atoms. The molecule has 0 aromatic heterocycles. The fourth-order valence-electron chi connectivity index (χ4n) is 2.52. The Morgan fingerprint density at radius 1 is 1.00 bits per heavy atom. The average Bonchev–Trinajstić information content (AvgIpc) is 2.53. The van der Waals surface area contributed by atoms with Crippen molar-refractivity contribution >= 4 is 0 Å². The van der Waals surface area contributed by atoms with E-state index in [9.17, 15) is 4.39 Å². The molecule has 0 amide bonds. The lowest BCUT2D eigenvalue weighted by molar-refractivity contribution is 0.384. The summed E-state index contributed by atoms with van der Waals surface area (Å²) in [5.41, 5.74) is 2.78. The molecule has 0 radical (unpaired) electrons. The largest absolute Gasteiger partial charge is 0.496 e. The van der Waals surface area contributed by atoms with Gasteiger partial charge in [-0.25, -0.2) is 4.39 Å². The van der Waals surface area contributed by atoms with Crippen molar-refractivity contribution in [3.05, 3.63) is 58.9 Å². The first kappa shape index (κ1) is 16.3. The van der Waals surface area contributed by atoms with Gasteiger partial charge in [-0.3, -0.25) is 0 Å². The second kappa shape index (κ2) is 7.80. The van der Waals surface area contributed by atoms with Gasteiger partial charge in [0, 0.05) is 17.7 Å². The summed E-state index contributed by atoms with van der Waals surface area (Å²) in [6.45, 7) is 3.35. The molecule has 0 aliphatic rings. The molecular formula is C18H22FNO2. The SMILES string of the molecule is COc1ccc(CNCCc2ccccc2F)c(OC)c1C. The van der Waals surface area contributed by atoms with E-state index < -0.39 is 0 Å². The van der Waals surface area contributed by atoms with Crippen molar-refractivity contribution in [3.63, 3.8) is 0 Å². The fraction of sp³-hybridized carbons (Fsp3) is 0.333. The van der Waals surface area contributed by atoms with E-state index in [-0.39, 0.29) is 5.82 Å². The summed E-state index contributed by atoms with van der Waals surface area (Å²) in [5.74, 6) is 1.49. The Bertz CT molecular complexity index is 628. The van der Waals surface area contributed by atoms with Crippen LogP contribution in [0.1, 0.15) is 16.7 Å². The average molecular weight is 303 g/mol. The van der Waals surface area contributed by atoms with Crippen molar-refractivity contribution in [2.45, 2.75) is 19.9 Å². The number of methoxy groups -OCH3 is 2.